The Morgan fingerprint density at radius 2 is 2.00 bits per heavy atom. The van der Waals surface area contributed by atoms with Gasteiger partial charge in [0.25, 0.3) is 11.8 Å². The van der Waals surface area contributed by atoms with E-state index in [4.69, 9.17) is 17.0 Å². The molecule has 1 fully saturated rings. The minimum Gasteiger partial charge on any atom is -0.490 e. The van der Waals surface area contributed by atoms with Crippen molar-refractivity contribution >= 4 is 46.2 Å². The molecule has 3 rings (SSSR count). The van der Waals surface area contributed by atoms with E-state index >= 15 is 0 Å². The van der Waals surface area contributed by atoms with Crippen LogP contribution in [0.3, 0.4) is 0 Å². The minimum atomic E-state index is -0.395. The number of nitrogens with one attached hydrogen (secondary N) is 1. The Bertz CT molecular complexity index is 926. The van der Waals surface area contributed by atoms with E-state index in [1.807, 2.05) is 30.3 Å². The molecule has 0 bridgehead atoms. The van der Waals surface area contributed by atoms with Crippen molar-refractivity contribution in [3.8, 4) is 5.75 Å². The van der Waals surface area contributed by atoms with Crippen molar-refractivity contribution < 1.29 is 14.3 Å². The Hall–Kier alpha value is -2.90. The third-order valence-corrected chi connectivity index (χ3v) is 4.87. The summed E-state index contributed by atoms with van der Waals surface area (Å²) >= 11 is 6.37. The maximum Gasteiger partial charge on any atom is 0.285 e. The van der Waals surface area contributed by atoms with Crippen LogP contribution in [0.5, 0.6) is 5.75 Å². The highest BCUT2D eigenvalue weighted by Crippen LogP contribution is 2.32. The second-order valence-electron chi connectivity index (χ2n) is 5.50. The van der Waals surface area contributed by atoms with Crippen LogP contribution in [-0.4, -0.2) is 27.8 Å². The van der Waals surface area contributed by atoms with E-state index in [9.17, 15) is 9.59 Å². The van der Waals surface area contributed by atoms with Crippen molar-refractivity contribution in [2.24, 2.45) is 0 Å². The number of ether oxygens (including phenoxy) is 1. The Balaban J connectivity index is 1.74. The lowest BCUT2D eigenvalue weighted by Crippen LogP contribution is -2.44. The first-order chi connectivity index (χ1) is 13.1. The van der Waals surface area contributed by atoms with Crippen LogP contribution in [0.15, 0.2) is 72.2 Å². The molecule has 0 saturated carbocycles. The molecule has 0 radical (unpaired) electrons. The summed E-state index contributed by atoms with van der Waals surface area (Å²) in [4.78, 5) is 25.3. The zero-order valence-electron chi connectivity index (χ0n) is 14.3. The highest BCUT2D eigenvalue weighted by atomic mass is 32.2. The molecule has 7 heteroatoms. The average molecular weight is 396 g/mol. The summed E-state index contributed by atoms with van der Waals surface area (Å²) in [5, 5.41) is 1.10. The summed E-state index contributed by atoms with van der Waals surface area (Å²) in [7, 11) is 0. The number of thiocarbonyl (C=S) groups is 1. The number of hydrazine groups is 1. The van der Waals surface area contributed by atoms with Crippen molar-refractivity contribution in [1.82, 2.24) is 10.4 Å². The van der Waals surface area contributed by atoms with Gasteiger partial charge in [-0.1, -0.05) is 54.7 Å². The van der Waals surface area contributed by atoms with E-state index in [0.717, 1.165) is 22.3 Å². The minimum absolute atomic E-state index is 0.273. The first-order valence-electron chi connectivity index (χ1n) is 8.06. The molecule has 2 aromatic rings. The third kappa shape index (κ3) is 4.64. The second-order valence-corrected chi connectivity index (χ2v) is 7.17. The summed E-state index contributed by atoms with van der Waals surface area (Å²) in [5.41, 5.74) is 3.80. The molecule has 2 amide bonds. The van der Waals surface area contributed by atoms with Gasteiger partial charge in [0.2, 0.25) is 0 Å². The number of carbonyl (C=O) groups excluding carboxylic acids is 2. The number of benzene rings is 2. The standard InChI is InChI=1S/C20H16N2O3S2/c1-2-11-25-16-10-6-7-14(12-16)13-17-19(24)22(20(26)27-17)21-18(23)15-8-4-3-5-9-15/h2-10,12-13H,1,11H2,(H,21,23)/b17-13+. The average Bonchev–Trinajstić information content (AvgIpc) is 2.94. The van der Waals surface area contributed by atoms with Crippen molar-refractivity contribution in [2.75, 3.05) is 6.61 Å². The zero-order chi connectivity index (χ0) is 19.2. The number of hydrogen-bond acceptors (Lipinski definition) is 5. The lowest BCUT2D eigenvalue weighted by Gasteiger charge is -2.15. The first kappa shape index (κ1) is 18.9. The predicted molar refractivity (Wildman–Crippen MR) is 111 cm³/mol. The van der Waals surface area contributed by atoms with Gasteiger partial charge in [-0.15, -0.1) is 0 Å². The molecule has 1 N–H and O–H groups in total. The van der Waals surface area contributed by atoms with Crippen LogP contribution in [0, 0.1) is 0 Å². The molecular formula is C20H16N2O3S2. The first-order valence-corrected chi connectivity index (χ1v) is 9.28. The fourth-order valence-corrected chi connectivity index (χ4v) is 3.50. The molecule has 0 unspecified atom stereocenters. The quantitative estimate of drug-likeness (QED) is 0.457. The molecule has 5 nitrogen and oxygen atoms in total. The summed E-state index contributed by atoms with van der Waals surface area (Å²) in [6.07, 6.45) is 3.38. The molecular weight excluding hydrogens is 380 g/mol. The van der Waals surface area contributed by atoms with E-state index in [1.54, 1.807) is 36.4 Å². The summed E-state index contributed by atoms with van der Waals surface area (Å²) in [6.45, 7) is 4.01. The normalized spacial score (nSPS) is 15.1. The summed E-state index contributed by atoms with van der Waals surface area (Å²) in [5.74, 6) is -0.0869. The van der Waals surface area contributed by atoms with Crippen LogP contribution in [0.1, 0.15) is 15.9 Å². The van der Waals surface area contributed by atoms with Crippen LogP contribution in [0.2, 0.25) is 0 Å². The maximum atomic E-state index is 12.6. The lowest BCUT2D eigenvalue weighted by atomic mass is 10.2. The predicted octanol–water partition coefficient (Wildman–Crippen LogP) is 3.80. The van der Waals surface area contributed by atoms with Crippen LogP contribution < -0.4 is 10.2 Å². The van der Waals surface area contributed by atoms with Crippen LogP contribution in [0.4, 0.5) is 0 Å². The van der Waals surface area contributed by atoms with E-state index in [-0.39, 0.29) is 10.2 Å². The van der Waals surface area contributed by atoms with Gasteiger partial charge < -0.3 is 4.74 Å². The van der Waals surface area contributed by atoms with Crippen molar-refractivity contribution in [3.05, 3.63) is 83.3 Å². The van der Waals surface area contributed by atoms with Crippen LogP contribution >= 0.6 is 24.0 Å². The van der Waals surface area contributed by atoms with Gasteiger partial charge in [-0.25, -0.2) is 0 Å². The molecule has 0 aliphatic carbocycles. The number of amides is 2. The zero-order valence-corrected chi connectivity index (χ0v) is 15.9. The number of hydrogen-bond donors (Lipinski definition) is 1. The van der Waals surface area contributed by atoms with Gasteiger partial charge in [-0.2, -0.15) is 5.01 Å². The Labute approximate surface area is 166 Å². The number of thioether (sulfide) groups is 1. The lowest BCUT2D eigenvalue weighted by molar-refractivity contribution is -0.123. The molecule has 1 heterocycles. The number of rotatable bonds is 6. The maximum absolute atomic E-state index is 12.6. The topological polar surface area (TPSA) is 58.6 Å². The van der Waals surface area contributed by atoms with Gasteiger partial charge in [-0.05, 0) is 48.1 Å². The van der Waals surface area contributed by atoms with Gasteiger partial charge in [0.1, 0.15) is 12.4 Å². The van der Waals surface area contributed by atoms with Crippen LogP contribution in [-0.2, 0) is 4.79 Å². The highest BCUT2D eigenvalue weighted by molar-refractivity contribution is 8.26. The Kier molecular flexibility index (Phi) is 6.05. The van der Waals surface area contributed by atoms with Gasteiger partial charge >= 0.3 is 0 Å². The van der Waals surface area contributed by atoms with Gasteiger partial charge in [0.15, 0.2) is 4.32 Å². The molecule has 1 aliphatic rings. The van der Waals surface area contributed by atoms with Gasteiger partial charge in [0.05, 0.1) is 4.91 Å². The highest BCUT2D eigenvalue weighted by Gasteiger charge is 2.33. The largest absolute Gasteiger partial charge is 0.490 e. The van der Waals surface area contributed by atoms with Crippen molar-refractivity contribution in [3.63, 3.8) is 0 Å². The molecule has 27 heavy (non-hydrogen) atoms. The molecule has 0 atom stereocenters. The smallest absolute Gasteiger partial charge is 0.285 e. The number of nitrogens with zero attached hydrogens (tertiary/aromatic N) is 1. The van der Waals surface area contributed by atoms with Crippen molar-refractivity contribution in [2.45, 2.75) is 0 Å². The van der Waals surface area contributed by atoms with E-state index < -0.39 is 5.91 Å². The molecule has 136 valence electrons. The fourth-order valence-electron chi connectivity index (χ4n) is 2.32. The fraction of sp³-hybridized carbons (Fsp3) is 0.0500. The second kappa shape index (κ2) is 8.66. The Morgan fingerprint density at radius 3 is 2.74 bits per heavy atom. The summed E-state index contributed by atoms with van der Waals surface area (Å²) in [6, 6.07) is 16.0. The molecule has 0 aromatic heterocycles. The van der Waals surface area contributed by atoms with Crippen LogP contribution in [0.25, 0.3) is 6.08 Å². The van der Waals surface area contributed by atoms with E-state index in [2.05, 4.69) is 12.0 Å². The molecule has 0 spiro atoms. The SMILES string of the molecule is C=CCOc1cccc(/C=C2/SC(=S)N(NC(=O)c3ccccc3)C2=O)c1. The number of carbonyl (C=O) groups is 2. The van der Waals surface area contributed by atoms with E-state index in [1.165, 1.54) is 0 Å². The van der Waals surface area contributed by atoms with Gasteiger partial charge in [0, 0.05) is 5.56 Å². The molecule has 1 saturated heterocycles. The third-order valence-electron chi connectivity index (χ3n) is 3.57. The molecule has 1 aliphatic heterocycles. The summed E-state index contributed by atoms with van der Waals surface area (Å²) < 4.78 is 5.77. The Morgan fingerprint density at radius 1 is 1.22 bits per heavy atom. The monoisotopic (exact) mass is 396 g/mol. The van der Waals surface area contributed by atoms with Crippen molar-refractivity contribution in [1.29, 1.82) is 0 Å². The van der Waals surface area contributed by atoms with E-state index in [0.29, 0.717) is 22.8 Å². The molecule has 2 aromatic carbocycles. The van der Waals surface area contributed by atoms with Gasteiger partial charge in [-0.3, -0.25) is 15.0 Å².